The van der Waals surface area contributed by atoms with E-state index in [0.717, 1.165) is 24.8 Å². The van der Waals surface area contributed by atoms with E-state index in [1.165, 1.54) is 17.8 Å². The standard InChI is InChI=1S/C31H35Cl2N5O3S2/c1-20(2)10-7-11-21(3)38-30(35-36-31(38)42-19-29(39)34-27-17-9-15-25(32)22(27)4)23-12-8-13-24(18-23)43(40,41)37-28-16-6-5-14-26(28)33/h5-6,8-9,12-18,20-21,37H,7,10-11,19H2,1-4H3,(H,34,39)/t21-/m1/s1. The second-order valence-corrected chi connectivity index (χ2v) is 14.2. The number of nitrogens with zero attached hydrogens (tertiary/aromatic N) is 3. The van der Waals surface area contributed by atoms with Gasteiger partial charge < -0.3 is 5.32 Å². The van der Waals surface area contributed by atoms with Gasteiger partial charge in [0.15, 0.2) is 11.0 Å². The number of para-hydroxylation sites is 1. The molecule has 0 saturated heterocycles. The third kappa shape index (κ3) is 8.53. The van der Waals surface area contributed by atoms with Crippen LogP contribution in [0.4, 0.5) is 11.4 Å². The van der Waals surface area contributed by atoms with Crippen molar-refractivity contribution in [3.63, 3.8) is 0 Å². The van der Waals surface area contributed by atoms with Gasteiger partial charge >= 0.3 is 0 Å². The fourth-order valence-electron chi connectivity index (χ4n) is 4.53. The zero-order valence-electron chi connectivity index (χ0n) is 24.5. The quantitative estimate of drug-likeness (QED) is 0.139. The predicted molar refractivity (Wildman–Crippen MR) is 177 cm³/mol. The minimum absolute atomic E-state index is 0.00555. The molecule has 0 aliphatic rings. The molecule has 0 bridgehead atoms. The highest BCUT2D eigenvalue weighted by Crippen LogP contribution is 2.32. The summed E-state index contributed by atoms with van der Waals surface area (Å²) in [6, 6.07) is 18.6. The fraction of sp³-hybridized carbons (Fsp3) is 0.323. The third-order valence-electron chi connectivity index (χ3n) is 6.90. The number of benzene rings is 3. The van der Waals surface area contributed by atoms with Crippen molar-refractivity contribution in [3.8, 4) is 11.4 Å². The second-order valence-electron chi connectivity index (χ2n) is 10.7. The van der Waals surface area contributed by atoms with Crippen LogP contribution in [0.2, 0.25) is 10.0 Å². The van der Waals surface area contributed by atoms with E-state index >= 15 is 0 Å². The van der Waals surface area contributed by atoms with E-state index in [2.05, 4.69) is 41.0 Å². The first-order valence-electron chi connectivity index (χ1n) is 14.0. The minimum Gasteiger partial charge on any atom is -0.325 e. The van der Waals surface area contributed by atoms with Crippen molar-refractivity contribution in [2.45, 2.75) is 63.1 Å². The molecule has 0 fully saturated rings. The number of carbonyl (C=O) groups excluding carboxylic acids is 1. The summed E-state index contributed by atoms with van der Waals surface area (Å²) in [5.41, 5.74) is 2.34. The normalized spacial score (nSPS) is 12.3. The zero-order chi connectivity index (χ0) is 31.1. The highest BCUT2D eigenvalue weighted by atomic mass is 35.5. The number of rotatable bonds is 13. The zero-order valence-corrected chi connectivity index (χ0v) is 27.6. The summed E-state index contributed by atoms with van der Waals surface area (Å²) in [5.74, 6) is 1.02. The molecule has 1 amide bonds. The van der Waals surface area contributed by atoms with E-state index in [1.807, 2.05) is 17.6 Å². The van der Waals surface area contributed by atoms with Gasteiger partial charge in [-0.05, 0) is 68.1 Å². The van der Waals surface area contributed by atoms with Crippen LogP contribution < -0.4 is 10.0 Å². The molecule has 1 aromatic heterocycles. The number of sulfonamides is 1. The van der Waals surface area contributed by atoms with Crippen molar-refractivity contribution in [3.05, 3.63) is 82.3 Å². The maximum Gasteiger partial charge on any atom is 0.261 e. The third-order valence-corrected chi connectivity index (χ3v) is 9.95. The maximum atomic E-state index is 13.3. The molecule has 0 saturated carbocycles. The number of halogens is 2. The highest BCUT2D eigenvalue weighted by Gasteiger charge is 2.23. The van der Waals surface area contributed by atoms with Crippen molar-refractivity contribution in [2.24, 2.45) is 5.92 Å². The first kappa shape index (κ1) is 32.9. The lowest BCUT2D eigenvalue weighted by Crippen LogP contribution is -2.16. The van der Waals surface area contributed by atoms with Gasteiger partial charge in [-0.25, -0.2) is 8.42 Å². The molecule has 0 radical (unpaired) electrons. The first-order valence-corrected chi connectivity index (χ1v) is 17.2. The summed E-state index contributed by atoms with van der Waals surface area (Å²) >= 11 is 13.7. The Morgan fingerprint density at radius 3 is 2.37 bits per heavy atom. The molecule has 1 atom stereocenters. The number of hydrogen-bond donors (Lipinski definition) is 2. The molecule has 0 spiro atoms. The van der Waals surface area contributed by atoms with E-state index in [-0.39, 0.29) is 22.6 Å². The summed E-state index contributed by atoms with van der Waals surface area (Å²) in [6.45, 7) is 8.33. The van der Waals surface area contributed by atoms with E-state index in [0.29, 0.717) is 43.9 Å². The van der Waals surface area contributed by atoms with E-state index in [9.17, 15) is 13.2 Å². The Balaban J connectivity index is 1.61. The molecule has 8 nitrogen and oxygen atoms in total. The van der Waals surface area contributed by atoms with Crippen LogP contribution in [0, 0.1) is 12.8 Å². The van der Waals surface area contributed by atoms with Crippen LogP contribution in [0.3, 0.4) is 0 Å². The predicted octanol–water partition coefficient (Wildman–Crippen LogP) is 8.48. The second kappa shape index (κ2) is 14.6. The van der Waals surface area contributed by atoms with Gasteiger partial charge in [0, 0.05) is 22.3 Å². The van der Waals surface area contributed by atoms with Gasteiger partial charge in [-0.1, -0.05) is 92.0 Å². The van der Waals surface area contributed by atoms with Gasteiger partial charge in [0.05, 0.1) is 21.4 Å². The average Bonchev–Trinajstić information content (AvgIpc) is 3.39. The Labute approximate surface area is 267 Å². The van der Waals surface area contributed by atoms with Crippen molar-refractivity contribution in [1.29, 1.82) is 0 Å². The maximum absolute atomic E-state index is 13.3. The van der Waals surface area contributed by atoms with E-state index < -0.39 is 10.0 Å². The largest absolute Gasteiger partial charge is 0.325 e. The van der Waals surface area contributed by atoms with Crippen LogP contribution in [0.5, 0.6) is 0 Å². The Morgan fingerprint density at radius 2 is 1.63 bits per heavy atom. The number of nitrogens with one attached hydrogen (secondary N) is 2. The Kier molecular flexibility index (Phi) is 11.2. The highest BCUT2D eigenvalue weighted by molar-refractivity contribution is 7.99. The molecule has 12 heteroatoms. The molecule has 0 unspecified atom stereocenters. The smallest absolute Gasteiger partial charge is 0.261 e. The van der Waals surface area contributed by atoms with E-state index in [1.54, 1.807) is 54.6 Å². The van der Waals surface area contributed by atoms with Crippen LogP contribution in [0.1, 0.15) is 51.6 Å². The SMILES string of the molecule is Cc1c(Cl)cccc1NC(=O)CSc1nnc(-c2cccc(S(=O)(=O)Nc3ccccc3Cl)c2)n1[C@H](C)CCCC(C)C. The number of hydrogen-bond acceptors (Lipinski definition) is 6. The van der Waals surface area contributed by atoms with Crippen LogP contribution in [-0.2, 0) is 14.8 Å². The molecule has 228 valence electrons. The monoisotopic (exact) mass is 659 g/mol. The molecule has 1 heterocycles. The van der Waals surface area contributed by atoms with Gasteiger partial charge in [-0.15, -0.1) is 10.2 Å². The summed E-state index contributed by atoms with van der Waals surface area (Å²) in [4.78, 5) is 12.9. The molecule has 43 heavy (non-hydrogen) atoms. The Bertz CT molecular complexity index is 1690. The van der Waals surface area contributed by atoms with Crippen LogP contribution >= 0.6 is 35.0 Å². The Hall–Kier alpha value is -3.05. The summed E-state index contributed by atoms with van der Waals surface area (Å²) in [5, 5.41) is 13.3. The number of thioether (sulfide) groups is 1. The molecule has 4 rings (SSSR count). The van der Waals surface area contributed by atoms with Gasteiger partial charge in [-0.2, -0.15) is 0 Å². The lowest BCUT2D eigenvalue weighted by molar-refractivity contribution is -0.113. The molecule has 0 aliphatic carbocycles. The van der Waals surface area contributed by atoms with Crippen molar-refractivity contribution in [2.75, 3.05) is 15.8 Å². The Morgan fingerprint density at radius 1 is 0.930 bits per heavy atom. The average molecular weight is 661 g/mol. The van der Waals surface area contributed by atoms with Crippen LogP contribution in [0.15, 0.2) is 76.8 Å². The topological polar surface area (TPSA) is 106 Å². The number of carbonyl (C=O) groups is 1. The molecular formula is C31H35Cl2N5O3S2. The van der Waals surface area contributed by atoms with Crippen LogP contribution in [0.25, 0.3) is 11.4 Å². The van der Waals surface area contributed by atoms with Gasteiger partial charge in [0.25, 0.3) is 10.0 Å². The first-order chi connectivity index (χ1) is 20.5. The summed E-state index contributed by atoms with van der Waals surface area (Å²) in [7, 11) is -3.93. The lowest BCUT2D eigenvalue weighted by Gasteiger charge is -2.19. The van der Waals surface area contributed by atoms with E-state index in [4.69, 9.17) is 23.2 Å². The molecular weight excluding hydrogens is 625 g/mol. The molecule has 0 aliphatic heterocycles. The fourth-order valence-corrected chi connectivity index (χ4v) is 6.90. The summed E-state index contributed by atoms with van der Waals surface area (Å²) < 4.78 is 31.1. The van der Waals surface area contributed by atoms with Gasteiger partial charge in [0.2, 0.25) is 5.91 Å². The molecule has 2 N–H and O–H groups in total. The van der Waals surface area contributed by atoms with Crippen molar-refractivity contribution < 1.29 is 13.2 Å². The summed E-state index contributed by atoms with van der Waals surface area (Å²) in [6.07, 6.45) is 2.95. The number of anilines is 2. The minimum atomic E-state index is -3.93. The number of amides is 1. The molecule has 4 aromatic rings. The van der Waals surface area contributed by atoms with Crippen molar-refractivity contribution in [1.82, 2.24) is 14.8 Å². The van der Waals surface area contributed by atoms with Gasteiger partial charge in [-0.3, -0.25) is 14.1 Å². The lowest BCUT2D eigenvalue weighted by atomic mass is 10.0. The number of aromatic nitrogens is 3. The van der Waals surface area contributed by atoms with Crippen LogP contribution in [-0.4, -0.2) is 34.8 Å². The van der Waals surface area contributed by atoms with Crippen molar-refractivity contribution >= 4 is 62.3 Å². The van der Waals surface area contributed by atoms with Gasteiger partial charge in [0.1, 0.15) is 0 Å². The molecule has 3 aromatic carbocycles.